The minimum absolute atomic E-state index is 0. The Balaban J connectivity index is 0.00000161. The molecule has 2 aliphatic rings. The van der Waals surface area contributed by atoms with Crippen molar-refractivity contribution in [3.8, 4) is 0 Å². The third-order valence-electron chi connectivity index (χ3n) is 4.80. The normalized spacial score (nSPS) is 20.7. The molecule has 1 spiro atoms. The molecule has 0 unspecified atom stereocenters. The fourth-order valence-corrected chi connectivity index (χ4v) is 3.37. The van der Waals surface area contributed by atoms with Crippen molar-refractivity contribution in [1.29, 1.82) is 0 Å². The second kappa shape index (κ2) is 7.14. The fraction of sp³-hybridized carbons (Fsp3) is 0.562. The van der Waals surface area contributed by atoms with E-state index in [0.29, 0.717) is 5.41 Å². The standard InChI is InChI=1S/C16H23N3O.ClH/c20-15(18-14-4-2-1-3-5-14)19-12-8-16(9-13-19)6-10-17-11-7-16;/h1-5,17H,6-13H2,(H,18,20);1H. The van der Waals surface area contributed by atoms with Crippen LogP contribution in [0.25, 0.3) is 0 Å². The summed E-state index contributed by atoms with van der Waals surface area (Å²) >= 11 is 0. The van der Waals surface area contributed by atoms with Gasteiger partial charge in [0.2, 0.25) is 0 Å². The number of carbonyl (C=O) groups excluding carboxylic acids is 1. The van der Waals surface area contributed by atoms with Crippen LogP contribution in [0.15, 0.2) is 30.3 Å². The fourth-order valence-electron chi connectivity index (χ4n) is 3.37. The minimum Gasteiger partial charge on any atom is -0.324 e. The van der Waals surface area contributed by atoms with Crippen molar-refractivity contribution in [2.24, 2.45) is 5.41 Å². The summed E-state index contributed by atoms with van der Waals surface area (Å²) in [6.07, 6.45) is 4.83. The van der Waals surface area contributed by atoms with Crippen molar-refractivity contribution in [3.05, 3.63) is 30.3 Å². The van der Waals surface area contributed by atoms with Gasteiger partial charge in [0.1, 0.15) is 0 Å². The molecule has 5 heteroatoms. The largest absolute Gasteiger partial charge is 0.324 e. The Hall–Kier alpha value is -1.26. The molecule has 2 fully saturated rings. The van der Waals surface area contributed by atoms with Gasteiger partial charge < -0.3 is 15.5 Å². The number of benzene rings is 1. The summed E-state index contributed by atoms with van der Waals surface area (Å²) in [4.78, 5) is 14.2. The minimum atomic E-state index is 0. The van der Waals surface area contributed by atoms with E-state index in [4.69, 9.17) is 0 Å². The number of para-hydroxylation sites is 1. The maximum absolute atomic E-state index is 12.2. The summed E-state index contributed by atoms with van der Waals surface area (Å²) in [6.45, 7) is 4.05. The Morgan fingerprint density at radius 1 is 1.05 bits per heavy atom. The van der Waals surface area contributed by atoms with Gasteiger partial charge in [0.25, 0.3) is 0 Å². The van der Waals surface area contributed by atoms with Crippen molar-refractivity contribution in [2.75, 3.05) is 31.5 Å². The first-order valence-corrected chi connectivity index (χ1v) is 7.59. The van der Waals surface area contributed by atoms with Gasteiger partial charge in [0.15, 0.2) is 0 Å². The molecular weight excluding hydrogens is 286 g/mol. The van der Waals surface area contributed by atoms with Crippen LogP contribution < -0.4 is 10.6 Å². The van der Waals surface area contributed by atoms with Gasteiger partial charge in [-0.2, -0.15) is 0 Å². The first kappa shape index (κ1) is 16.1. The predicted octanol–water partition coefficient (Wildman–Crippen LogP) is 3.11. The van der Waals surface area contributed by atoms with Crippen LogP contribution in [0.2, 0.25) is 0 Å². The Kier molecular flexibility index (Phi) is 5.48. The summed E-state index contributed by atoms with van der Waals surface area (Å²) in [6, 6.07) is 9.73. The number of hydrogen-bond acceptors (Lipinski definition) is 2. The first-order chi connectivity index (χ1) is 9.77. The third kappa shape index (κ3) is 3.89. The number of carbonyl (C=O) groups is 1. The summed E-state index contributed by atoms with van der Waals surface area (Å²) in [7, 11) is 0. The average Bonchev–Trinajstić information content (AvgIpc) is 2.50. The van der Waals surface area contributed by atoms with E-state index in [1.165, 1.54) is 12.8 Å². The van der Waals surface area contributed by atoms with E-state index in [1.54, 1.807) is 0 Å². The molecule has 2 N–H and O–H groups in total. The molecule has 2 aliphatic heterocycles. The van der Waals surface area contributed by atoms with Crippen LogP contribution in [0.1, 0.15) is 25.7 Å². The van der Waals surface area contributed by atoms with E-state index in [1.807, 2.05) is 35.2 Å². The van der Waals surface area contributed by atoms with Gasteiger partial charge in [-0.1, -0.05) is 18.2 Å². The van der Waals surface area contributed by atoms with Crippen molar-refractivity contribution in [3.63, 3.8) is 0 Å². The maximum Gasteiger partial charge on any atom is 0.321 e. The number of nitrogens with one attached hydrogen (secondary N) is 2. The SMILES string of the molecule is Cl.O=C(Nc1ccccc1)N1CCC2(CCNCC2)CC1. The molecule has 4 nitrogen and oxygen atoms in total. The molecule has 2 amide bonds. The number of likely N-dealkylation sites (tertiary alicyclic amines) is 1. The number of halogens is 1. The van der Waals surface area contributed by atoms with Crippen LogP contribution in [0.3, 0.4) is 0 Å². The van der Waals surface area contributed by atoms with Crippen LogP contribution in [0.4, 0.5) is 10.5 Å². The predicted molar refractivity (Wildman–Crippen MR) is 88.1 cm³/mol. The van der Waals surface area contributed by atoms with Gasteiger partial charge in [0.05, 0.1) is 0 Å². The summed E-state index contributed by atoms with van der Waals surface area (Å²) in [5, 5.41) is 6.41. The van der Waals surface area contributed by atoms with E-state index in [-0.39, 0.29) is 18.4 Å². The highest BCUT2D eigenvalue weighted by Gasteiger charge is 2.36. The van der Waals surface area contributed by atoms with Gasteiger partial charge in [-0.3, -0.25) is 0 Å². The van der Waals surface area contributed by atoms with E-state index in [0.717, 1.165) is 44.7 Å². The molecule has 0 atom stereocenters. The van der Waals surface area contributed by atoms with E-state index >= 15 is 0 Å². The highest BCUT2D eigenvalue weighted by atomic mass is 35.5. The monoisotopic (exact) mass is 309 g/mol. The highest BCUT2D eigenvalue weighted by molar-refractivity contribution is 5.89. The quantitative estimate of drug-likeness (QED) is 0.837. The Morgan fingerprint density at radius 2 is 1.67 bits per heavy atom. The lowest BCUT2D eigenvalue weighted by Crippen LogP contribution is -2.48. The van der Waals surface area contributed by atoms with E-state index in [9.17, 15) is 4.79 Å². The lowest BCUT2D eigenvalue weighted by Gasteiger charge is -2.44. The lowest BCUT2D eigenvalue weighted by atomic mass is 9.72. The molecular formula is C16H24ClN3O. The number of piperidine rings is 2. The molecule has 2 saturated heterocycles. The molecule has 0 aromatic heterocycles. The van der Waals surface area contributed by atoms with Gasteiger partial charge in [-0.15, -0.1) is 12.4 Å². The molecule has 21 heavy (non-hydrogen) atoms. The van der Waals surface area contributed by atoms with Crippen molar-refractivity contribution in [2.45, 2.75) is 25.7 Å². The Morgan fingerprint density at radius 3 is 2.29 bits per heavy atom. The highest BCUT2D eigenvalue weighted by Crippen LogP contribution is 2.39. The molecule has 2 heterocycles. The molecule has 0 bridgehead atoms. The number of anilines is 1. The molecule has 1 aromatic rings. The zero-order chi connectivity index (χ0) is 13.8. The average molecular weight is 310 g/mol. The molecule has 0 radical (unpaired) electrons. The zero-order valence-electron chi connectivity index (χ0n) is 12.3. The summed E-state index contributed by atoms with van der Waals surface area (Å²) in [5.41, 5.74) is 1.37. The second-order valence-electron chi connectivity index (χ2n) is 6.03. The third-order valence-corrected chi connectivity index (χ3v) is 4.80. The van der Waals surface area contributed by atoms with E-state index in [2.05, 4.69) is 10.6 Å². The summed E-state index contributed by atoms with van der Waals surface area (Å²) in [5.74, 6) is 0. The first-order valence-electron chi connectivity index (χ1n) is 7.59. The van der Waals surface area contributed by atoms with Crippen LogP contribution in [0, 0.1) is 5.41 Å². The molecule has 116 valence electrons. The molecule has 0 saturated carbocycles. The zero-order valence-corrected chi connectivity index (χ0v) is 13.1. The van der Waals surface area contributed by atoms with Gasteiger partial charge >= 0.3 is 6.03 Å². The van der Waals surface area contributed by atoms with Crippen molar-refractivity contribution >= 4 is 24.1 Å². The van der Waals surface area contributed by atoms with Crippen molar-refractivity contribution in [1.82, 2.24) is 10.2 Å². The smallest absolute Gasteiger partial charge is 0.321 e. The van der Waals surface area contributed by atoms with E-state index < -0.39 is 0 Å². The summed E-state index contributed by atoms with van der Waals surface area (Å²) < 4.78 is 0. The van der Waals surface area contributed by atoms with Crippen molar-refractivity contribution < 1.29 is 4.79 Å². The lowest BCUT2D eigenvalue weighted by molar-refractivity contribution is 0.0915. The van der Waals surface area contributed by atoms with Gasteiger partial charge in [0, 0.05) is 18.8 Å². The maximum atomic E-state index is 12.2. The number of nitrogens with zero attached hydrogens (tertiary/aromatic N) is 1. The topological polar surface area (TPSA) is 44.4 Å². The van der Waals surface area contributed by atoms with Crippen LogP contribution in [0.5, 0.6) is 0 Å². The molecule has 1 aromatic carbocycles. The Bertz CT molecular complexity index is 450. The second-order valence-corrected chi connectivity index (χ2v) is 6.03. The van der Waals surface area contributed by atoms with Gasteiger partial charge in [-0.25, -0.2) is 4.79 Å². The van der Waals surface area contributed by atoms with Crippen LogP contribution in [-0.2, 0) is 0 Å². The molecule has 3 rings (SSSR count). The number of rotatable bonds is 1. The van der Waals surface area contributed by atoms with Crippen LogP contribution >= 0.6 is 12.4 Å². The Labute approximate surface area is 132 Å². The molecule has 0 aliphatic carbocycles. The van der Waals surface area contributed by atoms with Crippen LogP contribution in [-0.4, -0.2) is 37.1 Å². The number of urea groups is 1. The number of amides is 2. The van der Waals surface area contributed by atoms with Gasteiger partial charge in [-0.05, 0) is 56.3 Å². The number of hydrogen-bond donors (Lipinski definition) is 2.